The molecule has 94 valence electrons. The highest BCUT2D eigenvalue weighted by molar-refractivity contribution is 9.10. The molecular weight excluding hydrogens is 296 g/mol. The number of carbonyl (C=O) groups is 1. The Kier molecular flexibility index (Phi) is 3.52. The molecule has 2 rings (SSSR count). The molecule has 0 N–H and O–H groups in total. The van der Waals surface area contributed by atoms with Crippen molar-refractivity contribution in [3.8, 4) is 5.75 Å². The molecule has 4 nitrogen and oxygen atoms in total. The van der Waals surface area contributed by atoms with Gasteiger partial charge in [-0.25, -0.2) is 0 Å². The van der Waals surface area contributed by atoms with Crippen molar-refractivity contribution in [2.75, 3.05) is 7.11 Å². The number of ketones is 1. The van der Waals surface area contributed by atoms with Gasteiger partial charge in [-0.1, -0.05) is 22.0 Å². The second-order valence-corrected chi connectivity index (χ2v) is 4.89. The lowest BCUT2D eigenvalue weighted by atomic mass is 10.0. The second-order valence-electron chi connectivity index (χ2n) is 3.97. The molecule has 1 heterocycles. The fourth-order valence-electron chi connectivity index (χ4n) is 1.79. The minimum absolute atomic E-state index is 0.0920. The molecule has 0 unspecified atom stereocenters. The van der Waals surface area contributed by atoms with Crippen molar-refractivity contribution in [2.45, 2.75) is 6.92 Å². The number of ether oxygens (including phenoxy) is 1. The maximum Gasteiger partial charge on any atom is 0.215 e. The van der Waals surface area contributed by atoms with Crippen LogP contribution in [0.2, 0.25) is 0 Å². The average molecular weight is 309 g/mol. The van der Waals surface area contributed by atoms with Gasteiger partial charge < -0.3 is 4.74 Å². The molecule has 0 saturated heterocycles. The molecule has 0 saturated carbocycles. The lowest BCUT2D eigenvalue weighted by Crippen LogP contribution is -2.11. The van der Waals surface area contributed by atoms with Crippen LogP contribution in [0.5, 0.6) is 5.75 Å². The Hall–Kier alpha value is -1.62. The zero-order valence-corrected chi connectivity index (χ0v) is 12.0. The monoisotopic (exact) mass is 308 g/mol. The predicted octanol–water partition coefficient (Wildman–Crippen LogP) is 2.73. The largest absolute Gasteiger partial charge is 0.493 e. The lowest BCUT2D eigenvalue weighted by molar-refractivity contribution is 0.102. The van der Waals surface area contributed by atoms with Crippen LogP contribution in [0.4, 0.5) is 0 Å². The summed E-state index contributed by atoms with van der Waals surface area (Å²) in [5, 5.41) is 4.05. The number of rotatable bonds is 3. The van der Waals surface area contributed by atoms with Gasteiger partial charge in [0.1, 0.15) is 0 Å². The molecule has 0 aliphatic heterocycles. The number of hydrogen-bond acceptors (Lipinski definition) is 3. The molecule has 0 fully saturated rings. The topological polar surface area (TPSA) is 44.1 Å². The Bertz CT molecular complexity index is 605. The predicted molar refractivity (Wildman–Crippen MR) is 72.1 cm³/mol. The number of hydrogen-bond donors (Lipinski definition) is 0. The highest BCUT2D eigenvalue weighted by Gasteiger charge is 2.20. The van der Waals surface area contributed by atoms with Crippen molar-refractivity contribution >= 4 is 21.7 Å². The zero-order valence-electron chi connectivity index (χ0n) is 10.4. The first kappa shape index (κ1) is 12.8. The maximum atomic E-state index is 12.5. The molecule has 1 aromatic heterocycles. The average Bonchev–Trinajstić information content (AvgIpc) is 2.72. The van der Waals surface area contributed by atoms with Crippen molar-refractivity contribution in [3.05, 3.63) is 45.7 Å². The van der Waals surface area contributed by atoms with E-state index < -0.39 is 0 Å². The van der Waals surface area contributed by atoms with Crippen LogP contribution in [-0.4, -0.2) is 22.7 Å². The van der Waals surface area contributed by atoms with Gasteiger partial charge in [0.2, 0.25) is 5.78 Å². The van der Waals surface area contributed by atoms with Crippen LogP contribution in [0.1, 0.15) is 21.6 Å². The summed E-state index contributed by atoms with van der Waals surface area (Å²) in [7, 11) is 3.25. The van der Waals surface area contributed by atoms with E-state index in [9.17, 15) is 4.79 Å². The van der Waals surface area contributed by atoms with Gasteiger partial charge in [0.15, 0.2) is 11.4 Å². The van der Waals surface area contributed by atoms with Gasteiger partial charge in [-0.2, -0.15) is 5.10 Å². The summed E-state index contributed by atoms with van der Waals surface area (Å²) in [4.78, 5) is 12.5. The number of nitrogens with zero attached hydrogens (tertiary/aromatic N) is 2. The van der Waals surface area contributed by atoms with E-state index in [2.05, 4.69) is 21.0 Å². The smallest absolute Gasteiger partial charge is 0.215 e. The summed E-state index contributed by atoms with van der Waals surface area (Å²) < 4.78 is 7.57. The molecule has 0 amide bonds. The quantitative estimate of drug-likeness (QED) is 0.819. The molecule has 2 aromatic rings. The van der Waals surface area contributed by atoms with E-state index in [1.54, 1.807) is 13.2 Å². The molecule has 5 heteroatoms. The van der Waals surface area contributed by atoms with E-state index >= 15 is 0 Å². The van der Waals surface area contributed by atoms with Crippen LogP contribution >= 0.6 is 15.9 Å². The number of carbonyl (C=O) groups excluding carboxylic acids is 1. The SMILES string of the molecule is COc1cnn(C)c1C(=O)c1cc(Br)ccc1C. The number of halogens is 1. The first-order valence-electron chi connectivity index (χ1n) is 5.41. The van der Waals surface area contributed by atoms with Crippen molar-refractivity contribution in [1.82, 2.24) is 9.78 Å². The van der Waals surface area contributed by atoms with Crippen LogP contribution in [0, 0.1) is 6.92 Å². The van der Waals surface area contributed by atoms with E-state index in [4.69, 9.17) is 4.74 Å². The molecule has 0 aliphatic rings. The van der Waals surface area contributed by atoms with Gasteiger partial charge in [-0.05, 0) is 24.6 Å². The minimum Gasteiger partial charge on any atom is -0.493 e. The van der Waals surface area contributed by atoms with Gasteiger partial charge in [0.05, 0.1) is 13.3 Å². The zero-order chi connectivity index (χ0) is 13.3. The van der Waals surface area contributed by atoms with Crippen LogP contribution in [0.25, 0.3) is 0 Å². The maximum absolute atomic E-state index is 12.5. The summed E-state index contributed by atoms with van der Waals surface area (Å²) in [6.45, 7) is 1.91. The van der Waals surface area contributed by atoms with E-state index in [-0.39, 0.29) is 5.78 Å². The molecule has 0 atom stereocenters. The van der Waals surface area contributed by atoms with Gasteiger partial charge >= 0.3 is 0 Å². The summed E-state index contributed by atoms with van der Waals surface area (Å²) in [6.07, 6.45) is 1.54. The first-order chi connectivity index (χ1) is 8.54. The highest BCUT2D eigenvalue weighted by atomic mass is 79.9. The fourth-order valence-corrected chi connectivity index (χ4v) is 2.15. The summed E-state index contributed by atoms with van der Waals surface area (Å²) >= 11 is 3.38. The van der Waals surface area contributed by atoms with E-state index in [1.807, 2.05) is 25.1 Å². The Morgan fingerprint density at radius 3 is 2.83 bits per heavy atom. The number of benzene rings is 1. The summed E-state index contributed by atoms with van der Waals surface area (Å²) in [5.41, 5.74) is 2.02. The van der Waals surface area contributed by atoms with Gasteiger partial charge in [0, 0.05) is 17.1 Å². The second kappa shape index (κ2) is 4.94. The molecule has 0 spiro atoms. The van der Waals surface area contributed by atoms with Gasteiger partial charge in [-0.15, -0.1) is 0 Å². The van der Waals surface area contributed by atoms with Crippen molar-refractivity contribution in [3.63, 3.8) is 0 Å². The Morgan fingerprint density at radius 2 is 2.17 bits per heavy atom. The molecule has 0 aliphatic carbocycles. The molecular formula is C13H13BrN2O2. The van der Waals surface area contributed by atoms with Gasteiger partial charge in [-0.3, -0.25) is 9.48 Å². The van der Waals surface area contributed by atoms with Crippen LogP contribution in [-0.2, 0) is 7.05 Å². The third-order valence-electron chi connectivity index (χ3n) is 2.78. The van der Waals surface area contributed by atoms with E-state index in [0.717, 1.165) is 10.0 Å². The Balaban J connectivity index is 2.54. The number of aryl methyl sites for hydroxylation is 2. The lowest BCUT2D eigenvalue weighted by Gasteiger charge is -2.07. The van der Waals surface area contributed by atoms with E-state index in [1.165, 1.54) is 11.8 Å². The molecule has 1 aromatic carbocycles. The number of aromatic nitrogens is 2. The Morgan fingerprint density at radius 1 is 1.44 bits per heavy atom. The van der Waals surface area contributed by atoms with Crippen LogP contribution < -0.4 is 4.74 Å². The first-order valence-corrected chi connectivity index (χ1v) is 6.20. The highest BCUT2D eigenvalue weighted by Crippen LogP contribution is 2.24. The van der Waals surface area contributed by atoms with Crippen LogP contribution in [0.15, 0.2) is 28.9 Å². The third-order valence-corrected chi connectivity index (χ3v) is 3.28. The number of methoxy groups -OCH3 is 1. The summed E-state index contributed by atoms with van der Waals surface area (Å²) in [6, 6.07) is 5.62. The fraction of sp³-hybridized carbons (Fsp3) is 0.231. The molecule has 0 radical (unpaired) electrons. The standard InChI is InChI=1S/C13H13BrN2O2/c1-8-4-5-9(14)6-10(8)13(17)12-11(18-3)7-15-16(12)2/h4-7H,1-3H3. The molecule has 18 heavy (non-hydrogen) atoms. The van der Waals surface area contributed by atoms with Crippen molar-refractivity contribution in [2.24, 2.45) is 7.05 Å². The molecule has 0 bridgehead atoms. The van der Waals surface area contributed by atoms with Gasteiger partial charge in [0.25, 0.3) is 0 Å². The van der Waals surface area contributed by atoms with Crippen molar-refractivity contribution in [1.29, 1.82) is 0 Å². The normalized spacial score (nSPS) is 10.4. The summed E-state index contributed by atoms with van der Waals surface area (Å²) in [5.74, 6) is 0.396. The van der Waals surface area contributed by atoms with E-state index in [0.29, 0.717) is 17.0 Å². The third kappa shape index (κ3) is 2.18. The Labute approximate surface area is 114 Å². The van der Waals surface area contributed by atoms with Crippen molar-refractivity contribution < 1.29 is 9.53 Å². The minimum atomic E-state index is -0.0920. The van der Waals surface area contributed by atoms with Crippen LogP contribution in [0.3, 0.4) is 0 Å².